The zero-order chi connectivity index (χ0) is 10.8. The fourth-order valence-corrected chi connectivity index (χ4v) is 0.971. The largest absolute Gasteiger partial charge is 0.504 e. The van der Waals surface area contributed by atoms with Crippen molar-refractivity contribution in [3.63, 3.8) is 0 Å². The van der Waals surface area contributed by atoms with Crippen LogP contribution in [0.15, 0.2) is 18.2 Å². The Morgan fingerprint density at radius 3 is 2.43 bits per heavy atom. The van der Waals surface area contributed by atoms with Gasteiger partial charge in [-0.2, -0.15) is 13.2 Å². The second-order valence-corrected chi connectivity index (χ2v) is 2.61. The molecular formula is C9H9F3O2. The minimum atomic E-state index is -4.44. The molecule has 0 aromatic heterocycles. The molecular weight excluding hydrogens is 197 g/mol. The lowest BCUT2D eigenvalue weighted by Gasteiger charge is -2.09. The van der Waals surface area contributed by atoms with Gasteiger partial charge in [-0.25, -0.2) is 0 Å². The second kappa shape index (κ2) is 3.77. The Hall–Kier alpha value is -1.39. The molecule has 0 aliphatic rings. The highest BCUT2D eigenvalue weighted by molar-refractivity contribution is 5.42. The smallest absolute Gasteiger partial charge is 0.416 e. The number of hydrogen-bond donors (Lipinski definition) is 1. The van der Waals surface area contributed by atoms with Gasteiger partial charge >= 0.3 is 6.18 Å². The third kappa shape index (κ3) is 2.31. The van der Waals surface area contributed by atoms with Gasteiger partial charge in [-0.15, -0.1) is 0 Å². The maximum absolute atomic E-state index is 12.1. The van der Waals surface area contributed by atoms with Crippen LogP contribution in [0.4, 0.5) is 13.2 Å². The summed E-state index contributed by atoms with van der Waals surface area (Å²) in [5, 5.41) is 9.16. The molecule has 0 spiro atoms. The van der Waals surface area contributed by atoms with Crippen molar-refractivity contribution in [3.05, 3.63) is 23.8 Å². The fraction of sp³-hybridized carbons (Fsp3) is 0.333. The van der Waals surface area contributed by atoms with Gasteiger partial charge < -0.3 is 9.84 Å². The molecule has 1 aromatic rings. The van der Waals surface area contributed by atoms with Gasteiger partial charge in [0.05, 0.1) is 12.2 Å². The fourth-order valence-electron chi connectivity index (χ4n) is 0.971. The Bertz CT molecular complexity index is 320. The van der Waals surface area contributed by atoms with Crippen LogP contribution in [-0.2, 0) is 6.18 Å². The van der Waals surface area contributed by atoms with E-state index in [9.17, 15) is 13.2 Å². The van der Waals surface area contributed by atoms with Gasteiger partial charge in [-0.1, -0.05) is 0 Å². The Kier molecular flexibility index (Phi) is 2.88. The molecule has 0 fully saturated rings. The van der Waals surface area contributed by atoms with E-state index < -0.39 is 17.5 Å². The molecule has 0 atom stereocenters. The zero-order valence-electron chi connectivity index (χ0n) is 7.43. The van der Waals surface area contributed by atoms with Crippen molar-refractivity contribution in [2.45, 2.75) is 13.1 Å². The first-order valence-electron chi connectivity index (χ1n) is 3.98. The van der Waals surface area contributed by atoms with Crippen LogP contribution in [0.1, 0.15) is 12.5 Å². The summed E-state index contributed by atoms with van der Waals surface area (Å²) in [5.74, 6) is -0.442. The molecule has 1 rings (SSSR count). The Balaban J connectivity index is 3.01. The molecule has 5 heteroatoms. The summed E-state index contributed by atoms with van der Waals surface area (Å²) >= 11 is 0. The summed E-state index contributed by atoms with van der Waals surface area (Å²) in [5.41, 5.74) is -0.890. The predicted octanol–water partition coefficient (Wildman–Crippen LogP) is 2.81. The van der Waals surface area contributed by atoms with Crippen molar-refractivity contribution < 1.29 is 23.0 Å². The average Bonchev–Trinajstić information content (AvgIpc) is 2.07. The van der Waals surface area contributed by atoms with Crippen LogP contribution < -0.4 is 4.74 Å². The molecule has 0 unspecified atom stereocenters. The number of phenolic OH excluding ortho intramolecular Hbond substituents is 1. The van der Waals surface area contributed by atoms with E-state index in [1.165, 1.54) is 0 Å². The minimum Gasteiger partial charge on any atom is -0.504 e. The number of benzene rings is 1. The Morgan fingerprint density at radius 2 is 2.00 bits per heavy atom. The van der Waals surface area contributed by atoms with Crippen LogP contribution in [0.5, 0.6) is 11.5 Å². The molecule has 14 heavy (non-hydrogen) atoms. The van der Waals surface area contributed by atoms with Gasteiger partial charge in [-0.3, -0.25) is 0 Å². The molecule has 78 valence electrons. The van der Waals surface area contributed by atoms with E-state index in [-0.39, 0.29) is 5.75 Å². The maximum Gasteiger partial charge on any atom is 0.416 e. The van der Waals surface area contributed by atoms with Crippen molar-refractivity contribution in [1.29, 1.82) is 0 Å². The first-order valence-corrected chi connectivity index (χ1v) is 3.98. The highest BCUT2D eigenvalue weighted by Crippen LogP contribution is 2.35. The van der Waals surface area contributed by atoms with Gasteiger partial charge in [-0.05, 0) is 25.1 Å². The number of rotatable bonds is 2. The SMILES string of the molecule is CCOc1ccc(C(F)(F)F)cc1O. The third-order valence-electron chi connectivity index (χ3n) is 1.59. The molecule has 0 amide bonds. The lowest BCUT2D eigenvalue weighted by molar-refractivity contribution is -0.137. The first-order chi connectivity index (χ1) is 6.45. The molecule has 0 aliphatic heterocycles. The van der Waals surface area contributed by atoms with Crippen LogP contribution >= 0.6 is 0 Å². The molecule has 2 nitrogen and oxygen atoms in total. The van der Waals surface area contributed by atoms with Gasteiger partial charge in [0, 0.05) is 0 Å². The van der Waals surface area contributed by atoms with E-state index >= 15 is 0 Å². The van der Waals surface area contributed by atoms with E-state index in [1.807, 2.05) is 0 Å². The third-order valence-corrected chi connectivity index (χ3v) is 1.59. The van der Waals surface area contributed by atoms with E-state index in [1.54, 1.807) is 6.92 Å². The van der Waals surface area contributed by atoms with Crippen molar-refractivity contribution >= 4 is 0 Å². The van der Waals surface area contributed by atoms with E-state index in [4.69, 9.17) is 9.84 Å². The summed E-state index contributed by atoms with van der Waals surface area (Å²) in [6.45, 7) is 1.97. The molecule has 1 N–H and O–H groups in total. The topological polar surface area (TPSA) is 29.5 Å². The summed E-state index contributed by atoms with van der Waals surface area (Å²) in [7, 11) is 0. The minimum absolute atomic E-state index is 0.0560. The zero-order valence-corrected chi connectivity index (χ0v) is 7.43. The summed E-state index contributed by atoms with van der Waals surface area (Å²) in [4.78, 5) is 0. The Morgan fingerprint density at radius 1 is 1.36 bits per heavy atom. The summed E-state index contributed by atoms with van der Waals surface area (Å²) in [6, 6.07) is 2.61. The van der Waals surface area contributed by atoms with E-state index in [0.717, 1.165) is 12.1 Å². The van der Waals surface area contributed by atoms with Crippen LogP contribution in [0.3, 0.4) is 0 Å². The van der Waals surface area contributed by atoms with E-state index in [0.29, 0.717) is 12.7 Å². The van der Waals surface area contributed by atoms with Gasteiger partial charge in [0.15, 0.2) is 11.5 Å². The Labute approximate surface area is 78.9 Å². The first kappa shape index (κ1) is 10.7. The molecule has 0 saturated carbocycles. The summed E-state index contributed by atoms with van der Waals surface area (Å²) < 4.78 is 41.3. The second-order valence-electron chi connectivity index (χ2n) is 2.61. The van der Waals surface area contributed by atoms with Crippen LogP contribution in [0.2, 0.25) is 0 Å². The lowest BCUT2D eigenvalue weighted by atomic mass is 10.2. The monoisotopic (exact) mass is 206 g/mol. The number of alkyl halides is 3. The number of halogens is 3. The van der Waals surface area contributed by atoms with Crippen LogP contribution in [0.25, 0.3) is 0 Å². The normalized spacial score (nSPS) is 11.4. The van der Waals surface area contributed by atoms with Crippen molar-refractivity contribution in [2.75, 3.05) is 6.61 Å². The predicted molar refractivity (Wildman–Crippen MR) is 44.3 cm³/mol. The van der Waals surface area contributed by atoms with Gasteiger partial charge in [0.25, 0.3) is 0 Å². The molecule has 0 radical (unpaired) electrons. The van der Waals surface area contributed by atoms with Crippen LogP contribution in [-0.4, -0.2) is 11.7 Å². The number of phenols is 1. The quantitative estimate of drug-likeness (QED) is 0.806. The number of aromatic hydroxyl groups is 1. The maximum atomic E-state index is 12.1. The highest BCUT2D eigenvalue weighted by atomic mass is 19.4. The van der Waals surface area contributed by atoms with Crippen molar-refractivity contribution in [3.8, 4) is 11.5 Å². The summed E-state index contributed by atoms with van der Waals surface area (Å²) in [6.07, 6.45) is -4.44. The van der Waals surface area contributed by atoms with Crippen LogP contribution in [0, 0.1) is 0 Å². The average molecular weight is 206 g/mol. The van der Waals surface area contributed by atoms with Crippen molar-refractivity contribution in [1.82, 2.24) is 0 Å². The highest BCUT2D eigenvalue weighted by Gasteiger charge is 2.31. The molecule has 0 saturated heterocycles. The molecule has 1 aromatic carbocycles. The van der Waals surface area contributed by atoms with Gasteiger partial charge in [0.1, 0.15) is 0 Å². The number of hydrogen-bond acceptors (Lipinski definition) is 2. The van der Waals surface area contributed by atoms with Gasteiger partial charge in [0.2, 0.25) is 0 Å². The standard InChI is InChI=1S/C9H9F3O2/c1-2-14-8-4-3-6(5-7(8)13)9(10,11)12/h3-5,13H,2H2,1H3. The molecule has 0 heterocycles. The van der Waals surface area contributed by atoms with E-state index in [2.05, 4.69) is 0 Å². The number of ether oxygens (including phenoxy) is 1. The van der Waals surface area contributed by atoms with Crippen molar-refractivity contribution in [2.24, 2.45) is 0 Å². The molecule has 0 aliphatic carbocycles. The molecule has 0 bridgehead atoms. The lowest BCUT2D eigenvalue weighted by Crippen LogP contribution is -2.04.